The van der Waals surface area contributed by atoms with Gasteiger partial charge in [0.15, 0.2) is 5.75 Å². The Morgan fingerprint density at radius 3 is 2.94 bits per heavy atom. The maximum Gasteiger partial charge on any atom is 0.256 e. The molecule has 0 radical (unpaired) electrons. The molecule has 1 heterocycles. The lowest BCUT2D eigenvalue weighted by Crippen LogP contribution is -2.20. The van der Waals surface area contributed by atoms with Crippen molar-refractivity contribution in [1.82, 2.24) is 10.3 Å². The van der Waals surface area contributed by atoms with Crippen LogP contribution in [0.25, 0.3) is 0 Å². The number of rotatable bonds is 3. The van der Waals surface area contributed by atoms with Gasteiger partial charge in [0, 0.05) is 13.2 Å². The van der Waals surface area contributed by atoms with E-state index in [1.165, 1.54) is 19.4 Å². The number of nitriles is 1. The van der Waals surface area contributed by atoms with Crippen molar-refractivity contribution in [2.75, 3.05) is 7.05 Å². The average molecular weight is 217 g/mol. The van der Waals surface area contributed by atoms with Crippen LogP contribution in [-0.4, -0.2) is 24.0 Å². The monoisotopic (exact) mass is 217 g/mol. The highest BCUT2D eigenvalue weighted by molar-refractivity contribution is 5.98. The van der Waals surface area contributed by atoms with Crippen molar-refractivity contribution in [2.24, 2.45) is 0 Å². The van der Waals surface area contributed by atoms with Crippen molar-refractivity contribution in [3.63, 3.8) is 0 Å². The van der Waals surface area contributed by atoms with Crippen LogP contribution in [0.4, 0.5) is 0 Å². The molecule has 1 aliphatic rings. The van der Waals surface area contributed by atoms with E-state index in [4.69, 9.17) is 10.00 Å². The number of nitrogens with zero attached hydrogens (tertiary/aromatic N) is 2. The van der Waals surface area contributed by atoms with E-state index in [2.05, 4.69) is 10.3 Å². The molecular weight excluding hydrogens is 206 g/mol. The molecule has 0 atom stereocenters. The molecule has 1 saturated carbocycles. The fraction of sp³-hybridized carbons (Fsp3) is 0.364. The number of pyridine rings is 1. The first-order valence-electron chi connectivity index (χ1n) is 5.03. The highest BCUT2D eigenvalue weighted by atomic mass is 16.5. The number of hydrogen-bond acceptors (Lipinski definition) is 4. The fourth-order valence-electron chi connectivity index (χ4n) is 1.34. The summed E-state index contributed by atoms with van der Waals surface area (Å²) >= 11 is 0. The van der Waals surface area contributed by atoms with Crippen molar-refractivity contribution in [3.05, 3.63) is 23.5 Å². The Hall–Kier alpha value is -2.09. The number of aromatic nitrogens is 1. The average Bonchev–Trinajstić information content (AvgIpc) is 3.11. The molecule has 1 fully saturated rings. The molecule has 1 aromatic rings. The number of hydrogen-bond donors (Lipinski definition) is 1. The zero-order chi connectivity index (χ0) is 11.5. The molecule has 0 saturated heterocycles. The first-order valence-corrected chi connectivity index (χ1v) is 5.03. The van der Waals surface area contributed by atoms with Crippen LogP contribution in [0.1, 0.15) is 28.8 Å². The van der Waals surface area contributed by atoms with Gasteiger partial charge in [-0.05, 0) is 12.8 Å². The number of amides is 1. The van der Waals surface area contributed by atoms with Gasteiger partial charge in [0.2, 0.25) is 0 Å². The topological polar surface area (TPSA) is 75.0 Å². The summed E-state index contributed by atoms with van der Waals surface area (Å²) in [5, 5.41) is 11.4. The molecule has 0 aliphatic heterocycles. The van der Waals surface area contributed by atoms with Crippen LogP contribution in [0.15, 0.2) is 12.4 Å². The fourth-order valence-corrected chi connectivity index (χ4v) is 1.34. The summed E-state index contributed by atoms with van der Waals surface area (Å²) in [6.07, 6.45) is 4.99. The van der Waals surface area contributed by atoms with E-state index in [0.717, 1.165) is 12.8 Å². The Balaban J connectivity index is 2.41. The third kappa shape index (κ3) is 1.96. The second-order valence-corrected chi connectivity index (χ2v) is 3.57. The Morgan fingerprint density at radius 1 is 1.62 bits per heavy atom. The van der Waals surface area contributed by atoms with Crippen LogP contribution in [0.2, 0.25) is 0 Å². The maximum atomic E-state index is 11.6. The molecule has 0 aromatic carbocycles. The number of nitrogens with one attached hydrogen (secondary N) is 1. The van der Waals surface area contributed by atoms with E-state index in [-0.39, 0.29) is 23.1 Å². The number of carbonyl (C=O) groups excluding carboxylic acids is 1. The van der Waals surface area contributed by atoms with Gasteiger partial charge < -0.3 is 10.1 Å². The van der Waals surface area contributed by atoms with Crippen LogP contribution in [0, 0.1) is 11.3 Å². The summed E-state index contributed by atoms with van der Waals surface area (Å²) in [5.74, 6) is 0.0653. The molecule has 2 rings (SSSR count). The summed E-state index contributed by atoms with van der Waals surface area (Å²) in [7, 11) is 1.52. The van der Waals surface area contributed by atoms with Gasteiger partial charge in [-0.15, -0.1) is 0 Å². The van der Waals surface area contributed by atoms with Crippen LogP contribution >= 0.6 is 0 Å². The molecule has 1 amide bonds. The predicted molar refractivity (Wildman–Crippen MR) is 56.0 cm³/mol. The lowest BCUT2D eigenvalue weighted by molar-refractivity contribution is 0.0958. The van der Waals surface area contributed by atoms with Crippen molar-refractivity contribution < 1.29 is 9.53 Å². The van der Waals surface area contributed by atoms with Gasteiger partial charge in [0.05, 0.1) is 17.9 Å². The summed E-state index contributed by atoms with van der Waals surface area (Å²) in [6.45, 7) is 0. The van der Waals surface area contributed by atoms with E-state index in [0.29, 0.717) is 5.75 Å². The van der Waals surface area contributed by atoms with Crippen molar-refractivity contribution >= 4 is 5.91 Å². The highest BCUT2D eigenvalue weighted by Gasteiger charge is 2.27. The molecule has 16 heavy (non-hydrogen) atoms. The minimum Gasteiger partial charge on any atom is -0.488 e. The van der Waals surface area contributed by atoms with Gasteiger partial charge in [-0.1, -0.05) is 0 Å². The quantitative estimate of drug-likeness (QED) is 0.814. The van der Waals surface area contributed by atoms with Gasteiger partial charge in [-0.25, -0.2) is 0 Å². The molecule has 5 heteroatoms. The van der Waals surface area contributed by atoms with Gasteiger partial charge in [-0.2, -0.15) is 5.26 Å². The lowest BCUT2D eigenvalue weighted by Gasteiger charge is -2.10. The molecule has 0 unspecified atom stereocenters. The van der Waals surface area contributed by atoms with Gasteiger partial charge in [0.25, 0.3) is 5.91 Å². The standard InChI is InChI=1S/C11H11N3O2/c1-13-11(15)10-7(4-12)5-14-6-9(10)16-8-2-3-8/h5-6,8H,2-3H2,1H3,(H,13,15). The lowest BCUT2D eigenvalue weighted by atomic mass is 10.1. The van der Waals surface area contributed by atoms with Gasteiger partial charge >= 0.3 is 0 Å². The summed E-state index contributed by atoms with van der Waals surface area (Å²) in [4.78, 5) is 15.5. The molecule has 0 bridgehead atoms. The highest BCUT2D eigenvalue weighted by Crippen LogP contribution is 2.29. The van der Waals surface area contributed by atoms with Crippen molar-refractivity contribution in [1.29, 1.82) is 5.26 Å². The van der Waals surface area contributed by atoms with E-state index in [1.54, 1.807) is 0 Å². The first-order chi connectivity index (χ1) is 7.76. The Morgan fingerprint density at radius 2 is 2.38 bits per heavy atom. The minimum atomic E-state index is -0.324. The normalized spacial score (nSPS) is 14.0. The molecule has 1 aromatic heterocycles. The maximum absolute atomic E-state index is 11.6. The van der Waals surface area contributed by atoms with Gasteiger partial charge in [-0.3, -0.25) is 9.78 Å². The second-order valence-electron chi connectivity index (χ2n) is 3.57. The van der Waals surface area contributed by atoms with E-state index < -0.39 is 0 Å². The summed E-state index contributed by atoms with van der Waals surface area (Å²) in [6, 6.07) is 1.94. The summed E-state index contributed by atoms with van der Waals surface area (Å²) < 4.78 is 5.55. The second kappa shape index (κ2) is 4.19. The number of carbonyl (C=O) groups is 1. The van der Waals surface area contributed by atoms with Gasteiger partial charge in [0.1, 0.15) is 11.6 Å². The third-order valence-corrected chi connectivity index (χ3v) is 2.30. The smallest absolute Gasteiger partial charge is 0.256 e. The van der Waals surface area contributed by atoms with Crippen LogP contribution in [0.3, 0.4) is 0 Å². The van der Waals surface area contributed by atoms with E-state index in [1.807, 2.05) is 6.07 Å². The predicted octanol–water partition coefficient (Wildman–Crippen LogP) is 0.854. The van der Waals surface area contributed by atoms with Crippen molar-refractivity contribution in [2.45, 2.75) is 18.9 Å². The third-order valence-electron chi connectivity index (χ3n) is 2.30. The molecular formula is C11H11N3O2. The first kappa shape index (κ1) is 10.4. The Labute approximate surface area is 93.1 Å². The van der Waals surface area contributed by atoms with E-state index >= 15 is 0 Å². The van der Waals surface area contributed by atoms with Crippen LogP contribution in [-0.2, 0) is 0 Å². The van der Waals surface area contributed by atoms with Crippen molar-refractivity contribution in [3.8, 4) is 11.8 Å². The number of ether oxygens (including phenoxy) is 1. The van der Waals surface area contributed by atoms with Crippen LogP contribution in [0.5, 0.6) is 5.75 Å². The zero-order valence-electron chi connectivity index (χ0n) is 8.86. The SMILES string of the molecule is CNC(=O)c1c(C#N)cncc1OC1CC1. The molecule has 82 valence electrons. The molecule has 5 nitrogen and oxygen atoms in total. The summed E-state index contributed by atoms with van der Waals surface area (Å²) in [5.41, 5.74) is 0.504. The Kier molecular flexibility index (Phi) is 2.73. The minimum absolute atomic E-state index is 0.166. The molecule has 1 aliphatic carbocycles. The van der Waals surface area contributed by atoms with Crippen LogP contribution < -0.4 is 10.1 Å². The van der Waals surface area contributed by atoms with E-state index in [9.17, 15) is 4.79 Å². The molecule has 0 spiro atoms. The Bertz CT molecular complexity index is 461. The molecule has 1 N–H and O–H groups in total. The zero-order valence-corrected chi connectivity index (χ0v) is 8.86. The largest absolute Gasteiger partial charge is 0.488 e.